The van der Waals surface area contributed by atoms with Crippen molar-refractivity contribution < 1.29 is 14.2 Å². The fraction of sp³-hybridized carbons (Fsp3) is 0.200. The van der Waals surface area contributed by atoms with E-state index in [1.807, 2.05) is 6.07 Å². The minimum atomic E-state index is -1.33. The molecule has 1 unspecified atom stereocenters. The van der Waals surface area contributed by atoms with Gasteiger partial charge >= 0.3 is 0 Å². The Morgan fingerprint density at radius 2 is 1.68 bits per heavy atom. The van der Waals surface area contributed by atoms with Crippen LogP contribution in [-0.4, -0.2) is 18.3 Å². The molecule has 0 heterocycles. The average molecular weight is 261 g/mol. The first kappa shape index (κ1) is 13.5. The third kappa shape index (κ3) is 3.10. The van der Waals surface area contributed by atoms with E-state index in [9.17, 15) is 9.50 Å². The second-order valence-corrected chi connectivity index (χ2v) is 4.32. The summed E-state index contributed by atoms with van der Waals surface area (Å²) in [4.78, 5) is 0. The molecular formula is C15H16FNO2. The predicted molar refractivity (Wildman–Crippen MR) is 71.3 cm³/mol. The van der Waals surface area contributed by atoms with E-state index in [0.29, 0.717) is 5.56 Å². The molecule has 0 aliphatic carbocycles. The van der Waals surface area contributed by atoms with Crippen LogP contribution in [0.15, 0.2) is 54.6 Å². The molecule has 2 aromatic carbocycles. The minimum absolute atomic E-state index is 0.00847. The molecular weight excluding hydrogens is 245 g/mol. The molecule has 0 radical (unpaired) electrons. The number of hydrogen-bond donors (Lipinski definition) is 2. The lowest BCUT2D eigenvalue weighted by molar-refractivity contribution is -0.00253. The van der Waals surface area contributed by atoms with Gasteiger partial charge < -0.3 is 15.6 Å². The molecule has 4 heteroatoms. The predicted octanol–water partition coefficient (Wildman–Crippen LogP) is 2.05. The summed E-state index contributed by atoms with van der Waals surface area (Å²) in [6.07, 6.45) is 0. The highest BCUT2D eigenvalue weighted by Gasteiger charge is 2.28. The molecule has 0 aromatic heterocycles. The number of rotatable bonds is 5. The summed E-state index contributed by atoms with van der Waals surface area (Å²) >= 11 is 0. The summed E-state index contributed by atoms with van der Waals surface area (Å²) in [5.41, 5.74) is 4.93. The van der Waals surface area contributed by atoms with Crippen LogP contribution in [0.2, 0.25) is 0 Å². The standard InChI is InChI=1S/C15H16FNO2/c16-13-8-4-5-9-14(13)19-11-15(18,10-17)12-6-2-1-3-7-12/h1-9,18H,10-11,17H2. The van der Waals surface area contributed by atoms with Gasteiger partial charge in [0.05, 0.1) is 0 Å². The van der Waals surface area contributed by atoms with Gasteiger partial charge in [-0.3, -0.25) is 0 Å². The third-order valence-electron chi connectivity index (χ3n) is 2.95. The highest BCUT2D eigenvalue weighted by Crippen LogP contribution is 2.23. The topological polar surface area (TPSA) is 55.5 Å². The van der Waals surface area contributed by atoms with Crippen molar-refractivity contribution in [1.29, 1.82) is 0 Å². The number of aliphatic hydroxyl groups is 1. The van der Waals surface area contributed by atoms with Gasteiger partial charge in [-0.05, 0) is 17.7 Å². The van der Waals surface area contributed by atoms with Gasteiger partial charge in [0.25, 0.3) is 0 Å². The molecule has 0 saturated heterocycles. The van der Waals surface area contributed by atoms with Crippen molar-refractivity contribution in [2.75, 3.05) is 13.2 Å². The van der Waals surface area contributed by atoms with Gasteiger partial charge in [-0.1, -0.05) is 42.5 Å². The van der Waals surface area contributed by atoms with Gasteiger partial charge in [-0.25, -0.2) is 4.39 Å². The summed E-state index contributed by atoms with van der Waals surface area (Å²) in [5.74, 6) is -0.361. The maximum absolute atomic E-state index is 13.4. The zero-order valence-corrected chi connectivity index (χ0v) is 10.4. The molecule has 0 bridgehead atoms. The molecule has 0 saturated carbocycles. The van der Waals surface area contributed by atoms with E-state index in [4.69, 9.17) is 10.5 Å². The monoisotopic (exact) mass is 261 g/mol. The first-order chi connectivity index (χ1) is 9.15. The van der Waals surface area contributed by atoms with Gasteiger partial charge in [0, 0.05) is 6.54 Å². The number of ether oxygens (including phenoxy) is 1. The quantitative estimate of drug-likeness (QED) is 0.866. The lowest BCUT2D eigenvalue weighted by Crippen LogP contribution is -2.40. The van der Waals surface area contributed by atoms with E-state index in [2.05, 4.69) is 0 Å². The Morgan fingerprint density at radius 3 is 2.32 bits per heavy atom. The van der Waals surface area contributed by atoms with E-state index >= 15 is 0 Å². The van der Waals surface area contributed by atoms with Crippen LogP contribution in [-0.2, 0) is 5.60 Å². The van der Waals surface area contributed by atoms with Gasteiger partial charge in [-0.15, -0.1) is 0 Å². The summed E-state index contributed by atoms with van der Waals surface area (Å²) in [6, 6.07) is 15.0. The van der Waals surface area contributed by atoms with Gasteiger partial charge in [0.1, 0.15) is 12.2 Å². The largest absolute Gasteiger partial charge is 0.487 e. The molecule has 3 N–H and O–H groups in total. The lowest BCUT2D eigenvalue weighted by Gasteiger charge is -2.27. The molecule has 2 aromatic rings. The van der Waals surface area contributed by atoms with Crippen LogP contribution in [0.4, 0.5) is 4.39 Å². The van der Waals surface area contributed by atoms with Gasteiger partial charge in [-0.2, -0.15) is 0 Å². The zero-order valence-electron chi connectivity index (χ0n) is 10.4. The maximum atomic E-state index is 13.4. The van der Waals surface area contributed by atoms with Crippen molar-refractivity contribution in [3.05, 3.63) is 66.0 Å². The number of para-hydroxylation sites is 1. The highest BCUT2D eigenvalue weighted by atomic mass is 19.1. The first-order valence-corrected chi connectivity index (χ1v) is 6.01. The molecule has 3 nitrogen and oxygen atoms in total. The third-order valence-corrected chi connectivity index (χ3v) is 2.95. The fourth-order valence-electron chi connectivity index (χ4n) is 1.77. The first-order valence-electron chi connectivity index (χ1n) is 6.01. The van der Waals surface area contributed by atoms with Crippen LogP contribution in [0.3, 0.4) is 0 Å². The molecule has 0 spiro atoms. The molecule has 1 atom stereocenters. The molecule has 2 rings (SSSR count). The van der Waals surface area contributed by atoms with Crippen molar-refractivity contribution in [2.45, 2.75) is 5.60 Å². The number of halogens is 1. The van der Waals surface area contributed by atoms with Crippen LogP contribution in [0.25, 0.3) is 0 Å². The summed E-state index contributed by atoms with van der Waals surface area (Å²) in [7, 11) is 0. The summed E-state index contributed by atoms with van der Waals surface area (Å²) in [5, 5.41) is 10.5. The van der Waals surface area contributed by atoms with Gasteiger partial charge in [0.2, 0.25) is 0 Å². The Morgan fingerprint density at radius 1 is 1.05 bits per heavy atom. The van der Waals surface area contributed by atoms with E-state index in [1.165, 1.54) is 12.1 Å². The van der Waals surface area contributed by atoms with E-state index in [0.717, 1.165) is 0 Å². The SMILES string of the molecule is NCC(O)(COc1ccccc1F)c1ccccc1. The molecule has 0 fully saturated rings. The van der Waals surface area contributed by atoms with E-state index in [1.54, 1.807) is 36.4 Å². The van der Waals surface area contributed by atoms with Crippen LogP contribution < -0.4 is 10.5 Å². The lowest BCUT2D eigenvalue weighted by atomic mass is 9.95. The number of nitrogens with two attached hydrogens (primary N) is 1. The van der Waals surface area contributed by atoms with Crippen LogP contribution in [0.1, 0.15) is 5.56 Å². The van der Waals surface area contributed by atoms with Crippen LogP contribution in [0.5, 0.6) is 5.75 Å². The van der Waals surface area contributed by atoms with E-state index in [-0.39, 0.29) is 18.9 Å². The number of hydrogen-bond acceptors (Lipinski definition) is 3. The van der Waals surface area contributed by atoms with Gasteiger partial charge in [0.15, 0.2) is 11.6 Å². The zero-order chi connectivity index (χ0) is 13.7. The minimum Gasteiger partial charge on any atom is -0.487 e. The van der Waals surface area contributed by atoms with E-state index < -0.39 is 11.4 Å². The Kier molecular flexibility index (Phi) is 4.14. The normalized spacial score (nSPS) is 13.8. The molecule has 0 aliphatic heterocycles. The smallest absolute Gasteiger partial charge is 0.165 e. The number of benzene rings is 2. The second kappa shape index (κ2) is 5.82. The Hall–Kier alpha value is -1.91. The van der Waals surface area contributed by atoms with Crippen molar-refractivity contribution in [3.8, 4) is 5.75 Å². The van der Waals surface area contributed by atoms with Crippen molar-refractivity contribution in [2.24, 2.45) is 5.73 Å². The van der Waals surface area contributed by atoms with Crippen molar-refractivity contribution in [1.82, 2.24) is 0 Å². The molecule has 0 aliphatic rings. The summed E-state index contributed by atoms with van der Waals surface area (Å²) < 4.78 is 18.8. The van der Waals surface area contributed by atoms with Crippen LogP contribution >= 0.6 is 0 Å². The highest BCUT2D eigenvalue weighted by molar-refractivity contribution is 5.26. The van der Waals surface area contributed by atoms with Crippen molar-refractivity contribution >= 4 is 0 Å². The molecule has 0 amide bonds. The second-order valence-electron chi connectivity index (χ2n) is 4.32. The summed E-state index contributed by atoms with van der Waals surface area (Å²) in [6.45, 7) is -0.111. The Balaban J connectivity index is 2.14. The maximum Gasteiger partial charge on any atom is 0.165 e. The fourth-order valence-corrected chi connectivity index (χ4v) is 1.77. The molecule has 19 heavy (non-hydrogen) atoms. The Bertz CT molecular complexity index is 533. The molecule has 100 valence electrons. The van der Waals surface area contributed by atoms with Crippen LogP contribution in [0, 0.1) is 5.82 Å². The Labute approximate surface area is 111 Å². The van der Waals surface area contributed by atoms with Crippen molar-refractivity contribution in [3.63, 3.8) is 0 Å². The average Bonchev–Trinajstić information content (AvgIpc) is 2.47.